The van der Waals surface area contributed by atoms with E-state index in [1.165, 1.54) is 61.7 Å². The third kappa shape index (κ3) is 5.05. The number of halogens is 1. The van der Waals surface area contributed by atoms with Crippen LogP contribution in [0.2, 0.25) is 5.02 Å². The van der Waals surface area contributed by atoms with Gasteiger partial charge in [0.25, 0.3) is 20.0 Å². The van der Waals surface area contributed by atoms with Gasteiger partial charge in [-0.2, -0.15) is 0 Å². The van der Waals surface area contributed by atoms with Gasteiger partial charge in [0, 0.05) is 10.7 Å². The van der Waals surface area contributed by atoms with Gasteiger partial charge in [-0.15, -0.1) is 0 Å². The normalized spacial score (nSPS) is 11.7. The van der Waals surface area contributed by atoms with Gasteiger partial charge in [-0.3, -0.25) is 9.44 Å². The zero-order valence-electron chi connectivity index (χ0n) is 16.1. The quantitative estimate of drug-likeness (QED) is 0.541. The minimum Gasteiger partial charge on any atom is -0.497 e. The van der Waals surface area contributed by atoms with Crippen molar-refractivity contribution in [3.05, 3.63) is 77.3 Å². The molecule has 7 nitrogen and oxygen atoms in total. The Balaban J connectivity index is 1.79. The number of hydrogen-bond acceptors (Lipinski definition) is 5. The minimum atomic E-state index is -3.87. The van der Waals surface area contributed by atoms with Crippen molar-refractivity contribution in [2.75, 3.05) is 16.6 Å². The van der Waals surface area contributed by atoms with Gasteiger partial charge in [0.1, 0.15) is 5.75 Å². The van der Waals surface area contributed by atoms with Crippen LogP contribution in [0.5, 0.6) is 5.75 Å². The van der Waals surface area contributed by atoms with E-state index in [1.54, 1.807) is 19.1 Å². The van der Waals surface area contributed by atoms with Gasteiger partial charge in [-0.25, -0.2) is 16.8 Å². The molecule has 0 radical (unpaired) electrons. The maximum absolute atomic E-state index is 12.6. The Morgan fingerprint density at radius 1 is 0.767 bits per heavy atom. The molecule has 0 heterocycles. The molecule has 10 heteroatoms. The van der Waals surface area contributed by atoms with Crippen molar-refractivity contribution in [1.82, 2.24) is 0 Å². The van der Waals surface area contributed by atoms with E-state index in [0.717, 1.165) is 0 Å². The highest BCUT2D eigenvalue weighted by atomic mass is 35.5. The molecule has 0 aliphatic heterocycles. The molecule has 0 aromatic heterocycles. The molecule has 2 N–H and O–H groups in total. The highest BCUT2D eigenvalue weighted by Gasteiger charge is 2.18. The fraction of sp³-hybridized carbons (Fsp3) is 0.100. The summed E-state index contributed by atoms with van der Waals surface area (Å²) in [6.45, 7) is 1.76. The lowest BCUT2D eigenvalue weighted by molar-refractivity contribution is 0.414. The average molecular weight is 467 g/mol. The Kier molecular flexibility index (Phi) is 6.25. The molecule has 0 aliphatic carbocycles. The van der Waals surface area contributed by atoms with Crippen LogP contribution in [0.15, 0.2) is 76.5 Å². The maximum atomic E-state index is 12.6. The minimum absolute atomic E-state index is 0.0192. The number of methoxy groups -OCH3 is 1. The highest BCUT2D eigenvalue weighted by Crippen LogP contribution is 2.25. The van der Waals surface area contributed by atoms with E-state index < -0.39 is 20.0 Å². The molecule has 0 bridgehead atoms. The van der Waals surface area contributed by atoms with Crippen LogP contribution >= 0.6 is 11.6 Å². The Hall–Kier alpha value is -2.75. The number of anilines is 2. The van der Waals surface area contributed by atoms with Crippen LogP contribution in [-0.2, 0) is 20.0 Å². The van der Waals surface area contributed by atoms with Crippen LogP contribution in [0.3, 0.4) is 0 Å². The molecule has 0 unspecified atom stereocenters. The number of ether oxygens (including phenoxy) is 1. The monoisotopic (exact) mass is 466 g/mol. The summed E-state index contributed by atoms with van der Waals surface area (Å²) in [5.41, 5.74) is 1.31. The zero-order valence-corrected chi connectivity index (χ0v) is 18.5. The molecule has 0 saturated heterocycles. The van der Waals surface area contributed by atoms with Crippen LogP contribution in [0, 0.1) is 6.92 Å². The second kappa shape index (κ2) is 8.55. The summed E-state index contributed by atoms with van der Waals surface area (Å²) in [6, 6.07) is 16.2. The number of nitrogens with one attached hydrogen (secondary N) is 2. The number of hydrogen-bond donors (Lipinski definition) is 2. The first kappa shape index (κ1) is 21.9. The number of sulfonamides is 2. The first-order valence-electron chi connectivity index (χ1n) is 8.67. The summed E-state index contributed by atoms with van der Waals surface area (Å²) >= 11 is 5.93. The van der Waals surface area contributed by atoms with Crippen molar-refractivity contribution in [2.45, 2.75) is 16.7 Å². The Labute approximate surface area is 180 Å². The third-order valence-electron chi connectivity index (χ3n) is 4.23. The van der Waals surface area contributed by atoms with Gasteiger partial charge in [0.05, 0.1) is 22.6 Å². The predicted octanol–water partition coefficient (Wildman–Crippen LogP) is 4.26. The van der Waals surface area contributed by atoms with Gasteiger partial charge in [-0.1, -0.05) is 17.7 Å². The summed E-state index contributed by atoms with van der Waals surface area (Å²) in [5, 5.41) is 0.404. The van der Waals surface area contributed by atoms with Crippen LogP contribution in [0.4, 0.5) is 11.4 Å². The molecular formula is C20H19ClN2O5S2. The van der Waals surface area contributed by atoms with Crippen LogP contribution in [0.25, 0.3) is 0 Å². The first-order valence-corrected chi connectivity index (χ1v) is 12.0. The highest BCUT2D eigenvalue weighted by molar-refractivity contribution is 7.93. The van der Waals surface area contributed by atoms with E-state index in [2.05, 4.69) is 9.44 Å². The molecule has 3 aromatic carbocycles. The third-order valence-corrected chi connectivity index (χ3v) is 7.24. The lowest BCUT2D eigenvalue weighted by Gasteiger charge is -2.12. The van der Waals surface area contributed by atoms with Gasteiger partial charge >= 0.3 is 0 Å². The zero-order chi connectivity index (χ0) is 21.9. The molecule has 0 amide bonds. The Morgan fingerprint density at radius 3 is 1.87 bits per heavy atom. The number of rotatable bonds is 7. The molecule has 0 spiro atoms. The topological polar surface area (TPSA) is 102 Å². The van der Waals surface area contributed by atoms with E-state index in [4.69, 9.17) is 16.3 Å². The summed E-state index contributed by atoms with van der Waals surface area (Å²) in [5.74, 6) is 0.533. The Morgan fingerprint density at radius 2 is 1.30 bits per heavy atom. The van der Waals surface area contributed by atoms with E-state index >= 15 is 0 Å². The molecule has 3 aromatic rings. The average Bonchev–Trinajstić information content (AvgIpc) is 2.71. The standard InChI is InChI=1S/C20H19ClN2O5S2/c1-14-3-4-15(21)13-20(14)23-30(26,27)18-9-5-16(6-10-18)22-29(24,25)19-11-7-17(28-2)8-12-19/h3-13,22-23H,1-2H3. The smallest absolute Gasteiger partial charge is 0.261 e. The van der Waals surface area contributed by atoms with E-state index in [1.807, 2.05) is 0 Å². The van der Waals surface area contributed by atoms with Crippen molar-refractivity contribution >= 4 is 43.0 Å². The summed E-state index contributed by atoms with van der Waals surface area (Å²) < 4.78 is 60.2. The number of aryl methyl sites for hydroxylation is 1. The lowest BCUT2D eigenvalue weighted by atomic mass is 10.2. The van der Waals surface area contributed by atoms with Crippen LogP contribution in [-0.4, -0.2) is 23.9 Å². The van der Waals surface area contributed by atoms with Crippen molar-refractivity contribution in [3.8, 4) is 5.75 Å². The summed E-state index contributed by atoms with van der Waals surface area (Å²) in [4.78, 5) is 0.0346. The number of benzene rings is 3. The molecule has 158 valence electrons. The Bertz CT molecular complexity index is 1260. The van der Waals surface area contributed by atoms with Gasteiger partial charge in [0.15, 0.2) is 0 Å². The first-order chi connectivity index (χ1) is 14.1. The summed E-state index contributed by atoms with van der Waals surface area (Å²) in [7, 11) is -6.22. The van der Waals surface area contributed by atoms with E-state index in [9.17, 15) is 16.8 Å². The second-order valence-corrected chi connectivity index (χ2v) is 10.2. The van der Waals surface area contributed by atoms with E-state index in [0.29, 0.717) is 22.0 Å². The predicted molar refractivity (Wildman–Crippen MR) is 117 cm³/mol. The SMILES string of the molecule is COc1ccc(S(=O)(=O)Nc2ccc(S(=O)(=O)Nc3cc(Cl)ccc3C)cc2)cc1. The lowest BCUT2D eigenvalue weighted by Crippen LogP contribution is -2.15. The van der Waals surface area contributed by atoms with Crippen molar-refractivity contribution in [2.24, 2.45) is 0 Å². The van der Waals surface area contributed by atoms with Crippen molar-refractivity contribution < 1.29 is 21.6 Å². The van der Waals surface area contributed by atoms with Gasteiger partial charge in [-0.05, 0) is 73.2 Å². The molecule has 0 atom stereocenters. The molecule has 0 saturated carbocycles. The molecule has 0 fully saturated rings. The summed E-state index contributed by atoms with van der Waals surface area (Å²) in [6.07, 6.45) is 0. The van der Waals surface area contributed by atoms with Crippen molar-refractivity contribution in [1.29, 1.82) is 0 Å². The molecule has 0 aliphatic rings. The van der Waals surface area contributed by atoms with Crippen LogP contribution in [0.1, 0.15) is 5.56 Å². The molecular weight excluding hydrogens is 448 g/mol. The molecule has 3 rings (SSSR count). The molecule has 30 heavy (non-hydrogen) atoms. The van der Waals surface area contributed by atoms with Gasteiger partial charge < -0.3 is 4.74 Å². The van der Waals surface area contributed by atoms with Crippen molar-refractivity contribution in [3.63, 3.8) is 0 Å². The largest absolute Gasteiger partial charge is 0.497 e. The van der Waals surface area contributed by atoms with Crippen LogP contribution < -0.4 is 14.2 Å². The fourth-order valence-corrected chi connectivity index (χ4v) is 4.93. The van der Waals surface area contributed by atoms with E-state index in [-0.39, 0.29) is 15.5 Å². The maximum Gasteiger partial charge on any atom is 0.261 e. The van der Waals surface area contributed by atoms with Gasteiger partial charge in [0.2, 0.25) is 0 Å². The second-order valence-electron chi connectivity index (χ2n) is 6.37. The fourth-order valence-electron chi connectivity index (χ4n) is 2.58.